The van der Waals surface area contributed by atoms with Crippen molar-refractivity contribution in [3.63, 3.8) is 0 Å². The topological polar surface area (TPSA) is 55.4 Å². The highest BCUT2D eigenvalue weighted by molar-refractivity contribution is 14.1. The zero-order valence-electron chi connectivity index (χ0n) is 14.5. The maximum absolute atomic E-state index is 12.8. The summed E-state index contributed by atoms with van der Waals surface area (Å²) < 4.78 is 6.42. The van der Waals surface area contributed by atoms with E-state index in [4.69, 9.17) is 4.74 Å². The molecule has 1 aromatic carbocycles. The molecule has 2 aliphatic rings. The Bertz CT molecular complexity index is 779. The zero-order valence-corrected chi connectivity index (χ0v) is 16.7. The predicted molar refractivity (Wildman–Crippen MR) is 105 cm³/mol. The molecule has 0 bridgehead atoms. The van der Waals surface area contributed by atoms with E-state index >= 15 is 0 Å². The number of rotatable bonds is 4. The van der Waals surface area contributed by atoms with Gasteiger partial charge in [0.05, 0.1) is 12.2 Å². The lowest BCUT2D eigenvalue weighted by Crippen LogP contribution is -2.35. The first-order valence-electron chi connectivity index (χ1n) is 8.75. The minimum absolute atomic E-state index is 0.134. The molecule has 0 saturated carbocycles. The van der Waals surface area contributed by atoms with Crippen LogP contribution in [0.3, 0.4) is 0 Å². The summed E-state index contributed by atoms with van der Waals surface area (Å²) in [6.07, 6.45) is 2.94. The summed E-state index contributed by atoms with van der Waals surface area (Å²) in [5.41, 5.74) is 4.15. The second-order valence-corrected chi connectivity index (χ2v) is 7.49. The van der Waals surface area contributed by atoms with Gasteiger partial charge in [0, 0.05) is 32.9 Å². The van der Waals surface area contributed by atoms with Gasteiger partial charge in [0.2, 0.25) is 0 Å². The minimum atomic E-state index is -0.340. The van der Waals surface area contributed by atoms with Crippen molar-refractivity contribution in [2.24, 2.45) is 0 Å². The van der Waals surface area contributed by atoms with E-state index in [2.05, 4.69) is 34.0 Å². The van der Waals surface area contributed by atoms with Crippen LogP contribution in [0.4, 0.5) is 0 Å². The summed E-state index contributed by atoms with van der Waals surface area (Å²) in [6.45, 7) is 4.14. The van der Waals surface area contributed by atoms with Crippen LogP contribution in [0, 0.1) is 3.57 Å². The molecule has 0 spiro atoms. The molecule has 0 amide bonds. The highest BCUT2D eigenvalue weighted by atomic mass is 127. The fourth-order valence-corrected chi connectivity index (χ4v) is 4.21. The molecule has 1 heterocycles. The molecule has 1 aliphatic heterocycles. The number of esters is 1. The molecule has 132 valence electrons. The van der Waals surface area contributed by atoms with Gasteiger partial charge >= 0.3 is 5.97 Å². The Labute approximate surface area is 161 Å². The Morgan fingerprint density at radius 3 is 2.80 bits per heavy atom. The van der Waals surface area contributed by atoms with Crippen molar-refractivity contribution in [2.75, 3.05) is 6.61 Å². The number of allylic oxidation sites excluding steroid dienone is 3. The number of carbonyl (C=O) groups excluding carboxylic acids is 2. The zero-order chi connectivity index (χ0) is 18.0. The van der Waals surface area contributed by atoms with Crippen LogP contribution in [0.2, 0.25) is 0 Å². The maximum atomic E-state index is 12.8. The number of dihydropyridines is 1. The van der Waals surface area contributed by atoms with Crippen molar-refractivity contribution < 1.29 is 14.3 Å². The molecular formula is C20H22INO3. The number of ether oxygens (including phenoxy) is 1. The minimum Gasteiger partial charge on any atom is -0.463 e. The van der Waals surface area contributed by atoms with Gasteiger partial charge in [-0.2, -0.15) is 0 Å². The first-order chi connectivity index (χ1) is 12.1. The number of Topliss-reactive ketones (excluding diaryl/α,β-unsaturated/α-hetero) is 1. The molecular weight excluding hydrogens is 429 g/mol. The van der Waals surface area contributed by atoms with Gasteiger partial charge in [-0.05, 0) is 66.5 Å². The normalized spacial score (nSPS) is 20.3. The van der Waals surface area contributed by atoms with Gasteiger partial charge in [-0.25, -0.2) is 4.79 Å². The van der Waals surface area contributed by atoms with Crippen LogP contribution in [-0.2, 0) is 14.3 Å². The number of carbonyl (C=O) groups is 2. The molecule has 1 aromatic rings. The molecule has 0 fully saturated rings. The summed E-state index contributed by atoms with van der Waals surface area (Å²) in [5, 5.41) is 3.37. The second kappa shape index (κ2) is 7.72. The van der Waals surface area contributed by atoms with Gasteiger partial charge in [-0.1, -0.05) is 19.1 Å². The SMILES string of the molecule is CCOC(=O)C1=C(CC)NC2=C(C(=O)CCC2)[C@@H]1c1cccc(I)c1. The van der Waals surface area contributed by atoms with Crippen molar-refractivity contribution in [1.29, 1.82) is 0 Å². The third kappa shape index (κ3) is 3.52. The molecule has 0 aromatic heterocycles. The monoisotopic (exact) mass is 451 g/mol. The Hall–Kier alpha value is -1.63. The fraction of sp³-hybridized carbons (Fsp3) is 0.400. The predicted octanol–water partition coefficient (Wildman–Crippen LogP) is 4.21. The van der Waals surface area contributed by atoms with Crippen LogP contribution in [-0.4, -0.2) is 18.4 Å². The van der Waals surface area contributed by atoms with Crippen molar-refractivity contribution in [3.05, 3.63) is 55.9 Å². The molecule has 1 N–H and O–H groups in total. The number of nitrogens with one attached hydrogen (secondary N) is 1. The number of halogens is 1. The lowest BCUT2D eigenvalue weighted by atomic mass is 9.75. The Balaban J connectivity index is 2.20. The number of benzene rings is 1. The number of ketones is 1. The summed E-state index contributed by atoms with van der Waals surface area (Å²) in [5.74, 6) is -0.539. The smallest absolute Gasteiger partial charge is 0.336 e. The average Bonchev–Trinajstić information content (AvgIpc) is 2.60. The molecule has 5 heteroatoms. The summed E-state index contributed by atoms with van der Waals surface area (Å²) >= 11 is 2.26. The van der Waals surface area contributed by atoms with Crippen molar-refractivity contribution >= 4 is 34.3 Å². The van der Waals surface area contributed by atoms with Gasteiger partial charge in [0.1, 0.15) is 0 Å². The molecule has 25 heavy (non-hydrogen) atoms. The maximum Gasteiger partial charge on any atom is 0.336 e. The number of hydrogen-bond acceptors (Lipinski definition) is 4. The molecule has 0 unspecified atom stereocenters. The van der Waals surface area contributed by atoms with E-state index in [0.29, 0.717) is 25.0 Å². The van der Waals surface area contributed by atoms with Gasteiger partial charge in [-0.3, -0.25) is 4.79 Å². The Kier molecular flexibility index (Phi) is 5.61. The third-order valence-electron chi connectivity index (χ3n) is 4.69. The van der Waals surface area contributed by atoms with Crippen molar-refractivity contribution in [1.82, 2.24) is 5.32 Å². The molecule has 3 rings (SSSR count). The largest absolute Gasteiger partial charge is 0.463 e. The van der Waals surface area contributed by atoms with Crippen LogP contribution in [0.25, 0.3) is 0 Å². The van der Waals surface area contributed by atoms with E-state index in [1.54, 1.807) is 6.92 Å². The van der Waals surface area contributed by atoms with E-state index in [1.165, 1.54) is 0 Å². The van der Waals surface area contributed by atoms with Crippen LogP contribution >= 0.6 is 22.6 Å². The molecule has 4 nitrogen and oxygen atoms in total. The van der Waals surface area contributed by atoms with Gasteiger partial charge in [0.25, 0.3) is 0 Å². The second-order valence-electron chi connectivity index (χ2n) is 6.25. The highest BCUT2D eigenvalue weighted by Crippen LogP contribution is 2.43. The van der Waals surface area contributed by atoms with Gasteiger partial charge in [-0.15, -0.1) is 0 Å². The Morgan fingerprint density at radius 2 is 2.12 bits per heavy atom. The van der Waals surface area contributed by atoms with E-state index in [1.807, 2.05) is 25.1 Å². The van der Waals surface area contributed by atoms with Gasteiger partial charge in [0.15, 0.2) is 5.78 Å². The van der Waals surface area contributed by atoms with Crippen LogP contribution < -0.4 is 5.32 Å². The van der Waals surface area contributed by atoms with E-state index in [-0.39, 0.29) is 17.7 Å². The quantitative estimate of drug-likeness (QED) is 0.551. The lowest BCUT2D eigenvalue weighted by molar-refractivity contribution is -0.138. The van der Waals surface area contributed by atoms with Crippen molar-refractivity contribution in [2.45, 2.75) is 45.4 Å². The first kappa shape index (κ1) is 18.2. The van der Waals surface area contributed by atoms with Gasteiger partial charge < -0.3 is 10.1 Å². The number of hydrogen-bond donors (Lipinski definition) is 1. The van der Waals surface area contributed by atoms with Crippen LogP contribution in [0.5, 0.6) is 0 Å². The standard InChI is InChI=1S/C20H22INO3/c1-3-14-19(20(24)25-4-2)17(12-7-5-8-13(21)11-12)18-15(22-14)9-6-10-16(18)23/h5,7-8,11,17,22H,3-4,6,9-10H2,1-2H3/t17-/m0/s1. The lowest BCUT2D eigenvalue weighted by Gasteiger charge is -2.35. The first-order valence-corrected chi connectivity index (χ1v) is 9.83. The van der Waals surface area contributed by atoms with Crippen molar-refractivity contribution in [3.8, 4) is 0 Å². The summed E-state index contributed by atoms with van der Waals surface area (Å²) in [6, 6.07) is 8.03. The summed E-state index contributed by atoms with van der Waals surface area (Å²) in [4.78, 5) is 25.5. The molecule has 0 radical (unpaired) electrons. The molecule has 1 atom stereocenters. The highest BCUT2D eigenvalue weighted by Gasteiger charge is 2.39. The molecule has 1 aliphatic carbocycles. The van der Waals surface area contributed by atoms with E-state index < -0.39 is 0 Å². The van der Waals surface area contributed by atoms with Crippen LogP contribution in [0.15, 0.2) is 46.8 Å². The average molecular weight is 451 g/mol. The van der Waals surface area contributed by atoms with Crippen LogP contribution in [0.1, 0.15) is 51.0 Å². The van der Waals surface area contributed by atoms with E-state index in [0.717, 1.165) is 38.9 Å². The van der Waals surface area contributed by atoms with E-state index in [9.17, 15) is 9.59 Å². The fourth-order valence-electron chi connectivity index (χ4n) is 3.64. The summed E-state index contributed by atoms with van der Waals surface area (Å²) in [7, 11) is 0. The third-order valence-corrected chi connectivity index (χ3v) is 5.36. The Morgan fingerprint density at radius 1 is 1.32 bits per heavy atom. The molecule has 0 saturated heterocycles.